The Labute approximate surface area is 190 Å². The number of fused-ring (bicyclic) bond motifs is 1. The molecule has 1 atom stereocenters. The molecule has 8 heteroatoms. The van der Waals surface area contributed by atoms with Gasteiger partial charge in [-0.1, -0.05) is 26.0 Å². The quantitative estimate of drug-likeness (QED) is 0.399. The first-order chi connectivity index (χ1) is 15.6. The highest BCUT2D eigenvalue weighted by Gasteiger charge is 2.22. The second-order valence-electron chi connectivity index (χ2n) is 8.14. The molecular weight excluding hydrogens is 411 g/mol. The Hall–Kier alpha value is -2.58. The van der Waals surface area contributed by atoms with Crippen LogP contribution in [0.3, 0.4) is 0 Å². The van der Waals surface area contributed by atoms with E-state index in [2.05, 4.69) is 40.4 Å². The Morgan fingerprint density at radius 1 is 1.34 bits per heavy atom. The minimum absolute atomic E-state index is 0.224. The standard InChI is InChI=1S/C24H35FN4O3/c1-18(2)14-19(6-4-7-25)28-24-20-15-23(22(30-3)16-21(20)26-17-27-24)32-11-5-8-29-9-12-31-13-10-29/h4,6,14-18,24,28H,5,7-13H2,1-3H3,(H,26,27)/b6-4-,19-14+. The van der Waals surface area contributed by atoms with Gasteiger partial charge in [-0.2, -0.15) is 0 Å². The number of allylic oxidation sites excluding steroid dienone is 3. The van der Waals surface area contributed by atoms with Crippen LogP contribution in [-0.4, -0.2) is 64.5 Å². The monoisotopic (exact) mass is 446 g/mol. The summed E-state index contributed by atoms with van der Waals surface area (Å²) in [4.78, 5) is 6.85. The van der Waals surface area contributed by atoms with Gasteiger partial charge in [0, 0.05) is 37.0 Å². The molecule has 176 valence electrons. The van der Waals surface area contributed by atoms with Crippen LogP contribution in [0.1, 0.15) is 32.0 Å². The van der Waals surface area contributed by atoms with Gasteiger partial charge in [0.2, 0.25) is 0 Å². The van der Waals surface area contributed by atoms with Gasteiger partial charge in [-0.05, 0) is 24.5 Å². The average molecular weight is 447 g/mol. The maximum atomic E-state index is 12.7. The van der Waals surface area contributed by atoms with E-state index in [1.807, 2.05) is 12.1 Å². The molecule has 1 saturated heterocycles. The molecule has 0 aliphatic carbocycles. The molecule has 0 radical (unpaired) electrons. The normalized spacial score (nSPS) is 19.2. The lowest BCUT2D eigenvalue weighted by molar-refractivity contribution is 0.0357. The maximum absolute atomic E-state index is 12.7. The number of halogens is 1. The molecule has 0 amide bonds. The number of methoxy groups -OCH3 is 1. The average Bonchev–Trinajstić information content (AvgIpc) is 2.80. The Morgan fingerprint density at radius 2 is 2.16 bits per heavy atom. The van der Waals surface area contributed by atoms with E-state index in [0.717, 1.165) is 56.2 Å². The Balaban J connectivity index is 1.70. The number of alkyl halides is 1. The molecule has 0 spiro atoms. The number of rotatable bonds is 11. The topological polar surface area (TPSA) is 67.3 Å². The summed E-state index contributed by atoms with van der Waals surface area (Å²) >= 11 is 0. The van der Waals surface area contributed by atoms with Crippen LogP contribution in [0.2, 0.25) is 0 Å². The number of nitrogens with zero attached hydrogens (tertiary/aromatic N) is 2. The molecule has 2 heterocycles. The summed E-state index contributed by atoms with van der Waals surface area (Å²) in [6.45, 7) is 8.79. The summed E-state index contributed by atoms with van der Waals surface area (Å²) in [7, 11) is 1.63. The predicted molar refractivity (Wildman–Crippen MR) is 126 cm³/mol. The van der Waals surface area contributed by atoms with E-state index in [9.17, 15) is 4.39 Å². The van der Waals surface area contributed by atoms with Gasteiger partial charge in [0.25, 0.3) is 0 Å². The predicted octanol–water partition coefficient (Wildman–Crippen LogP) is 3.71. The minimum Gasteiger partial charge on any atom is -0.493 e. The Kier molecular flexibility index (Phi) is 9.37. The zero-order valence-corrected chi connectivity index (χ0v) is 19.3. The molecular formula is C24H35FN4O3. The number of ether oxygens (including phenoxy) is 3. The molecule has 2 aliphatic heterocycles. The molecule has 7 nitrogen and oxygen atoms in total. The van der Waals surface area contributed by atoms with E-state index < -0.39 is 6.67 Å². The van der Waals surface area contributed by atoms with Crippen LogP contribution in [0.5, 0.6) is 11.5 Å². The first kappa shape index (κ1) is 24.1. The third-order valence-corrected chi connectivity index (χ3v) is 5.26. The molecule has 1 fully saturated rings. The second kappa shape index (κ2) is 12.5. The zero-order chi connectivity index (χ0) is 22.8. The van der Waals surface area contributed by atoms with Crippen molar-refractivity contribution < 1.29 is 18.6 Å². The summed E-state index contributed by atoms with van der Waals surface area (Å²) < 4.78 is 29.7. The largest absolute Gasteiger partial charge is 0.493 e. The summed E-state index contributed by atoms with van der Waals surface area (Å²) in [5, 5.41) is 6.69. The van der Waals surface area contributed by atoms with Crippen LogP contribution < -0.4 is 20.1 Å². The molecule has 1 aromatic carbocycles. The van der Waals surface area contributed by atoms with E-state index in [4.69, 9.17) is 14.2 Å². The van der Waals surface area contributed by atoms with E-state index in [1.165, 1.54) is 6.08 Å². The number of morpholine rings is 1. The van der Waals surface area contributed by atoms with Crippen molar-refractivity contribution in [1.82, 2.24) is 15.5 Å². The zero-order valence-electron chi connectivity index (χ0n) is 19.3. The lowest BCUT2D eigenvalue weighted by Crippen LogP contribution is -2.37. The SMILES string of the molecule is COc1cc2c(cc1OCCCN1CCOCC1)C(NC(/C=C\CF)=C/C(C)C)NC=N2. The lowest BCUT2D eigenvalue weighted by Gasteiger charge is -2.27. The van der Waals surface area contributed by atoms with Gasteiger partial charge >= 0.3 is 0 Å². The van der Waals surface area contributed by atoms with Crippen molar-refractivity contribution in [3.8, 4) is 11.5 Å². The Morgan fingerprint density at radius 3 is 2.88 bits per heavy atom. The van der Waals surface area contributed by atoms with Crippen LogP contribution in [0.25, 0.3) is 0 Å². The molecule has 2 N–H and O–H groups in total. The van der Waals surface area contributed by atoms with Gasteiger partial charge in [-0.3, -0.25) is 4.90 Å². The van der Waals surface area contributed by atoms with Crippen molar-refractivity contribution >= 4 is 12.0 Å². The molecule has 3 rings (SSSR count). The maximum Gasteiger partial charge on any atom is 0.162 e. The van der Waals surface area contributed by atoms with Gasteiger partial charge in [0.1, 0.15) is 12.8 Å². The Bertz CT molecular complexity index is 820. The van der Waals surface area contributed by atoms with Gasteiger partial charge in [-0.25, -0.2) is 9.38 Å². The van der Waals surface area contributed by atoms with Crippen molar-refractivity contribution in [2.75, 3.05) is 53.2 Å². The fourth-order valence-electron chi connectivity index (χ4n) is 3.71. The first-order valence-electron chi connectivity index (χ1n) is 11.2. The van der Waals surface area contributed by atoms with Crippen LogP contribution in [-0.2, 0) is 4.74 Å². The first-order valence-corrected chi connectivity index (χ1v) is 11.2. The van der Waals surface area contributed by atoms with E-state index in [1.54, 1.807) is 19.5 Å². The summed E-state index contributed by atoms with van der Waals surface area (Å²) in [6.07, 6.45) is 7.68. The minimum atomic E-state index is -0.507. The molecule has 0 aromatic heterocycles. The summed E-state index contributed by atoms with van der Waals surface area (Å²) in [5.74, 6) is 1.66. The van der Waals surface area contributed by atoms with Gasteiger partial charge in [-0.15, -0.1) is 0 Å². The van der Waals surface area contributed by atoms with Crippen LogP contribution >= 0.6 is 0 Å². The number of hydrogen-bond donors (Lipinski definition) is 2. The summed E-state index contributed by atoms with van der Waals surface area (Å²) in [6, 6.07) is 3.86. The van der Waals surface area contributed by atoms with Gasteiger partial charge in [0.15, 0.2) is 11.5 Å². The van der Waals surface area contributed by atoms with E-state index in [0.29, 0.717) is 24.0 Å². The van der Waals surface area contributed by atoms with E-state index in [-0.39, 0.29) is 6.17 Å². The smallest absolute Gasteiger partial charge is 0.162 e. The fraction of sp³-hybridized carbons (Fsp3) is 0.542. The number of benzene rings is 1. The number of nitrogens with one attached hydrogen (secondary N) is 2. The fourth-order valence-corrected chi connectivity index (χ4v) is 3.71. The highest BCUT2D eigenvalue weighted by molar-refractivity contribution is 5.71. The molecule has 0 bridgehead atoms. The van der Waals surface area contributed by atoms with Crippen molar-refractivity contribution in [2.24, 2.45) is 10.9 Å². The second-order valence-corrected chi connectivity index (χ2v) is 8.14. The van der Waals surface area contributed by atoms with Crippen molar-refractivity contribution in [1.29, 1.82) is 0 Å². The molecule has 1 aromatic rings. The van der Waals surface area contributed by atoms with Gasteiger partial charge in [0.05, 0.1) is 39.0 Å². The van der Waals surface area contributed by atoms with Crippen LogP contribution in [0, 0.1) is 5.92 Å². The van der Waals surface area contributed by atoms with E-state index >= 15 is 0 Å². The van der Waals surface area contributed by atoms with Crippen LogP contribution in [0.15, 0.2) is 41.1 Å². The number of aliphatic imine (C=N–C) groups is 1. The molecule has 1 unspecified atom stereocenters. The molecule has 2 aliphatic rings. The highest BCUT2D eigenvalue weighted by Crippen LogP contribution is 2.38. The third-order valence-electron chi connectivity index (χ3n) is 5.26. The summed E-state index contributed by atoms with van der Waals surface area (Å²) in [5.41, 5.74) is 2.59. The third kappa shape index (κ3) is 6.97. The van der Waals surface area contributed by atoms with Crippen molar-refractivity contribution in [3.05, 3.63) is 41.6 Å². The molecule has 32 heavy (non-hydrogen) atoms. The van der Waals surface area contributed by atoms with Crippen molar-refractivity contribution in [2.45, 2.75) is 26.4 Å². The van der Waals surface area contributed by atoms with Crippen LogP contribution in [0.4, 0.5) is 10.1 Å². The van der Waals surface area contributed by atoms with Gasteiger partial charge < -0.3 is 24.8 Å². The highest BCUT2D eigenvalue weighted by atomic mass is 19.1. The lowest BCUT2D eigenvalue weighted by atomic mass is 10.1. The molecule has 0 saturated carbocycles. The number of hydrogen-bond acceptors (Lipinski definition) is 7. The van der Waals surface area contributed by atoms with Crippen molar-refractivity contribution in [3.63, 3.8) is 0 Å².